The number of hydrogen-bond donors (Lipinski definition) is 1. The Morgan fingerprint density at radius 3 is 2.65 bits per heavy atom. The average Bonchev–Trinajstić information content (AvgIpc) is 2.37. The number of nitrogens with one attached hydrogen (secondary N) is 1. The minimum atomic E-state index is 0.508. The summed E-state index contributed by atoms with van der Waals surface area (Å²) in [5.41, 5.74) is 0. The van der Waals surface area contributed by atoms with Gasteiger partial charge in [-0.25, -0.2) is 9.97 Å². The Kier molecular flexibility index (Phi) is 5.73. The van der Waals surface area contributed by atoms with E-state index in [4.69, 9.17) is 0 Å². The Labute approximate surface area is 104 Å². The van der Waals surface area contributed by atoms with Crippen molar-refractivity contribution in [3.8, 4) is 0 Å². The van der Waals surface area contributed by atoms with E-state index >= 15 is 0 Å². The highest BCUT2D eigenvalue weighted by molar-refractivity contribution is 5.48. The maximum absolute atomic E-state index is 4.36. The largest absolute Gasteiger partial charge is 0.370 e. The van der Waals surface area contributed by atoms with E-state index in [0.29, 0.717) is 6.04 Å². The van der Waals surface area contributed by atoms with Gasteiger partial charge in [0.2, 0.25) is 0 Å². The number of aromatic nitrogens is 2. The van der Waals surface area contributed by atoms with Crippen LogP contribution in [0.5, 0.6) is 0 Å². The molecule has 1 unspecified atom stereocenters. The average molecular weight is 236 g/mol. The molecule has 1 aromatic heterocycles. The molecule has 0 aliphatic heterocycles. The van der Waals surface area contributed by atoms with Gasteiger partial charge in [0.1, 0.15) is 18.0 Å². The molecule has 1 heterocycles. The summed E-state index contributed by atoms with van der Waals surface area (Å²) < 4.78 is 0. The van der Waals surface area contributed by atoms with Crippen LogP contribution in [-0.4, -0.2) is 29.1 Å². The van der Waals surface area contributed by atoms with Gasteiger partial charge in [0.25, 0.3) is 0 Å². The van der Waals surface area contributed by atoms with Crippen LogP contribution in [0.4, 0.5) is 11.6 Å². The Morgan fingerprint density at radius 1 is 1.29 bits per heavy atom. The molecule has 96 valence electrons. The molecule has 1 atom stereocenters. The van der Waals surface area contributed by atoms with E-state index in [9.17, 15) is 0 Å². The molecule has 0 saturated carbocycles. The topological polar surface area (TPSA) is 41.0 Å². The van der Waals surface area contributed by atoms with E-state index in [2.05, 4.69) is 47.9 Å². The summed E-state index contributed by atoms with van der Waals surface area (Å²) in [7, 11) is 0. The maximum atomic E-state index is 4.36. The zero-order valence-corrected chi connectivity index (χ0v) is 11.4. The first-order valence-electron chi connectivity index (χ1n) is 6.55. The summed E-state index contributed by atoms with van der Waals surface area (Å²) in [5.74, 6) is 1.93. The standard InChI is InChI=1S/C13H24N4/c1-5-8-14-12-9-13(16-10-15-12)17(7-3)11(4)6-2/h9-11H,5-8H2,1-4H3,(H,14,15,16). The van der Waals surface area contributed by atoms with Crippen molar-refractivity contribution in [1.29, 1.82) is 0 Å². The predicted molar refractivity (Wildman–Crippen MR) is 73.6 cm³/mol. The third kappa shape index (κ3) is 3.88. The van der Waals surface area contributed by atoms with Gasteiger partial charge in [0.15, 0.2) is 0 Å². The summed E-state index contributed by atoms with van der Waals surface area (Å²) in [6.45, 7) is 10.7. The van der Waals surface area contributed by atoms with Gasteiger partial charge < -0.3 is 10.2 Å². The fourth-order valence-corrected chi connectivity index (χ4v) is 1.77. The number of rotatable bonds is 7. The molecule has 0 aliphatic carbocycles. The van der Waals surface area contributed by atoms with Gasteiger partial charge in [-0.15, -0.1) is 0 Å². The number of hydrogen-bond acceptors (Lipinski definition) is 4. The molecular weight excluding hydrogens is 212 g/mol. The third-order valence-electron chi connectivity index (χ3n) is 2.97. The van der Waals surface area contributed by atoms with E-state index < -0.39 is 0 Å². The van der Waals surface area contributed by atoms with E-state index in [0.717, 1.165) is 37.6 Å². The van der Waals surface area contributed by atoms with Crippen molar-refractivity contribution in [3.05, 3.63) is 12.4 Å². The molecule has 1 aromatic rings. The molecule has 4 heteroatoms. The van der Waals surface area contributed by atoms with Crippen LogP contribution < -0.4 is 10.2 Å². The third-order valence-corrected chi connectivity index (χ3v) is 2.97. The van der Waals surface area contributed by atoms with Gasteiger partial charge >= 0.3 is 0 Å². The van der Waals surface area contributed by atoms with Gasteiger partial charge in [-0.1, -0.05) is 13.8 Å². The van der Waals surface area contributed by atoms with Crippen molar-refractivity contribution in [2.45, 2.75) is 46.6 Å². The van der Waals surface area contributed by atoms with Crippen molar-refractivity contribution >= 4 is 11.6 Å². The normalized spacial score (nSPS) is 12.2. The second-order valence-electron chi connectivity index (χ2n) is 4.23. The van der Waals surface area contributed by atoms with Crippen molar-refractivity contribution in [2.75, 3.05) is 23.3 Å². The van der Waals surface area contributed by atoms with E-state index in [1.807, 2.05) is 6.07 Å². The highest BCUT2D eigenvalue weighted by Crippen LogP contribution is 2.17. The maximum Gasteiger partial charge on any atom is 0.134 e. The molecule has 0 radical (unpaired) electrons. The van der Waals surface area contributed by atoms with Gasteiger partial charge in [-0.2, -0.15) is 0 Å². The lowest BCUT2D eigenvalue weighted by Crippen LogP contribution is -2.33. The first kappa shape index (κ1) is 13.7. The molecule has 0 saturated heterocycles. The zero-order chi connectivity index (χ0) is 12.7. The highest BCUT2D eigenvalue weighted by atomic mass is 15.2. The monoisotopic (exact) mass is 236 g/mol. The highest BCUT2D eigenvalue weighted by Gasteiger charge is 2.12. The van der Waals surface area contributed by atoms with Gasteiger partial charge in [-0.05, 0) is 26.7 Å². The molecule has 0 bridgehead atoms. The summed E-state index contributed by atoms with van der Waals surface area (Å²) in [6.07, 6.45) is 3.86. The van der Waals surface area contributed by atoms with Crippen LogP contribution >= 0.6 is 0 Å². The molecular formula is C13H24N4. The quantitative estimate of drug-likeness (QED) is 0.790. The van der Waals surface area contributed by atoms with Gasteiger partial charge in [0.05, 0.1) is 0 Å². The van der Waals surface area contributed by atoms with Gasteiger partial charge in [0, 0.05) is 25.2 Å². The molecule has 1 rings (SSSR count). The lowest BCUT2D eigenvalue weighted by atomic mass is 10.2. The first-order chi connectivity index (χ1) is 8.22. The van der Waals surface area contributed by atoms with Crippen LogP contribution in [0.1, 0.15) is 40.5 Å². The Bertz CT molecular complexity index is 327. The second-order valence-corrected chi connectivity index (χ2v) is 4.23. The minimum Gasteiger partial charge on any atom is -0.370 e. The summed E-state index contributed by atoms with van der Waals surface area (Å²) in [6, 6.07) is 2.54. The van der Waals surface area contributed by atoms with Crippen LogP contribution in [-0.2, 0) is 0 Å². The molecule has 0 spiro atoms. The summed E-state index contributed by atoms with van der Waals surface area (Å²) in [5, 5.41) is 3.29. The van der Waals surface area contributed by atoms with Crippen molar-refractivity contribution < 1.29 is 0 Å². The Morgan fingerprint density at radius 2 is 2.06 bits per heavy atom. The smallest absolute Gasteiger partial charge is 0.134 e. The lowest BCUT2D eigenvalue weighted by molar-refractivity contribution is 0.622. The van der Waals surface area contributed by atoms with Crippen LogP contribution in [0.15, 0.2) is 12.4 Å². The molecule has 4 nitrogen and oxygen atoms in total. The minimum absolute atomic E-state index is 0.508. The zero-order valence-electron chi connectivity index (χ0n) is 11.4. The lowest BCUT2D eigenvalue weighted by Gasteiger charge is -2.28. The molecule has 0 aromatic carbocycles. The van der Waals surface area contributed by atoms with Crippen LogP contribution in [0.25, 0.3) is 0 Å². The molecule has 1 N–H and O–H groups in total. The van der Waals surface area contributed by atoms with Crippen molar-refractivity contribution in [3.63, 3.8) is 0 Å². The Balaban J connectivity index is 2.81. The summed E-state index contributed by atoms with van der Waals surface area (Å²) >= 11 is 0. The SMILES string of the molecule is CCCNc1cc(N(CC)C(C)CC)ncn1. The molecule has 0 amide bonds. The van der Waals surface area contributed by atoms with Crippen LogP contribution in [0.2, 0.25) is 0 Å². The van der Waals surface area contributed by atoms with E-state index in [1.54, 1.807) is 6.33 Å². The van der Waals surface area contributed by atoms with Gasteiger partial charge in [-0.3, -0.25) is 0 Å². The molecule has 0 fully saturated rings. The first-order valence-corrected chi connectivity index (χ1v) is 6.55. The molecule has 17 heavy (non-hydrogen) atoms. The number of anilines is 2. The van der Waals surface area contributed by atoms with Crippen molar-refractivity contribution in [1.82, 2.24) is 9.97 Å². The van der Waals surface area contributed by atoms with Crippen LogP contribution in [0.3, 0.4) is 0 Å². The number of nitrogens with zero attached hydrogens (tertiary/aromatic N) is 3. The second kappa shape index (κ2) is 7.09. The fraction of sp³-hybridized carbons (Fsp3) is 0.692. The fourth-order valence-electron chi connectivity index (χ4n) is 1.77. The summed E-state index contributed by atoms with van der Waals surface area (Å²) in [4.78, 5) is 10.9. The predicted octanol–water partition coefficient (Wildman–Crippen LogP) is 2.92. The Hall–Kier alpha value is -1.32. The van der Waals surface area contributed by atoms with E-state index in [-0.39, 0.29) is 0 Å². The molecule has 0 aliphatic rings. The van der Waals surface area contributed by atoms with Crippen molar-refractivity contribution in [2.24, 2.45) is 0 Å². The van der Waals surface area contributed by atoms with E-state index in [1.165, 1.54) is 0 Å². The van der Waals surface area contributed by atoms with Crippen LogP contribution in [0, 0.1) is 0 Å².